The first-order chi connectivity index (χ1) is 12.3. The van der Waals surface area contributed by atoms with Crippen molar-refractivity contribution in [2.75, 3.05) is 31.1 Å². The lowest BCUT2D eigenvalue weighted by Crippen LogP contribution is -2.46. The zero-order valence-corrected chi connectivity index (χ0v) is 15.2. The van der Waals surface area contributed by atoms with Crippen LogP contribution < -0.4 is 4.90 Å². The van der Waals surface area contributed by atoms with E-state index >= 15 is 0 Å². The standard InChI is InChI=1S/C20H29N5/c1-16-5-4-8-21-20(16)25-11-9-24(10-12-25)15-18-14-22-19(23-18)13-17-6-2-3-7-17/h4-5,8,14,17H,2-3,6-7,9-13,15H2,1H3,(H,22,23). The smallest absolute Gasteiger partial charge is 0.131 e. The van der Waals surface area contributed by atoms with Gasteiger partial charge >= 0.3 is 0 Å². The largest absolute Gasteiger partial charge is 0.354 e. The van der Waals surface area contributed by atoms with Crippen LogP contribution in [-0.4, -0.2) is 46.0 Å². The molecule has 25 heavy (non-hydrogen) atoms. The van der Waals surface area contributed by atoms with Gasteiger partial charge in [-0.05, 0) is 24.5 Å². The third-order valence-corrected chi connectivity index (χ3v) is 5.69. The quantitative estimate of drug-likeness (QED) is 0.909. The highest BCUT2D eigenvalue weighted by Gasteiger charge is 2.20. The molecule has 0 aromatic carbocycles. The molecule has 0 amide bonds. The molecule has 1 N–H and O–H groups in total. The van der Waals surface area contributed by atoms with Gasteiger partial charge < -0.3 is 9.88 Å². The van der Waals surface area contributed by atoms with Crippen molar-refractivity contribution in [3.05, 3.63) is 41.6 Å². The lowest BCUT2D eigenvalue weighted by Gasteiger charge is -2.35. The minimum Gasteiger partial charge on any atom is -0.354 e. The van der Waals surface area contributed by atoms with Crippen molar-refractivity contribution >= 4 is 5.82 Å². The maximum atomic E-state index is 4.62. The Balaban J connectivity index is 1.28. The van der Waals surface area contributed by atoms with Gasteiger partial charge in [-0.25, -0.2) is 9.97 Å². The summed E-state index contributed by atoms with van der Waals surface area (Å²) in [5, 5.41) is 0. The number of nitrogens with one attached hydrogen (secondary N) is 1. The molecule has 4 rings (SSSR count). The number of H-pyrrole nitrogens is 1. The van der Waals surface area contributed by atoms with Crippen molar-refractivity contribution in [3.8, 4) is 0 Å². The summed E-state index contributed by atoms with van der Waals surface area (Å²) in [6.45, 7) is 7.36. The average molecular weight is 339 g/mol. The van der Waals surface area contributed by atoms with Gasteiger partial charge in [0.05, 0.1) is 0 Å². The number of aromatic amines is 1. The summed E-state index contributed by atoms with van der Waals surface area (Å²) in [4.78, 5) is 17.7. The molecule has 2 aromatic rings. The first-order valence-electron chi connectivity index (χ1n) is 9.69. The SMILES string of the molecule is Cc1cccnc1N1CCN(Cc2cnc(CC3CCCC3)[nH]2)CC1. The molecule has 2 aliphatic rings. The summed E-state index contributed by atoms with van der Waals surface area (Å²) in [5.74, 6) is 3.18. The molecule has 2 fully saturated rings. The molecule has 0 atom stereocenters. The van der Waals surface area contributed by atoms with Gasteiger partial charge in [0.2, 0.25) is 0 Å². The van der Waals surface area contributed by atoms with E-state index in [1.54, 1.807) is 0 Å². The monoisotopic (exact) mass is 339 g/mol. The molecule has 0 radical (unpaired) electrons. The molecule has 1 aliphatic heterocycles. The van der Waals surface area contributed by atoms with Gasteiger partial charge in [-0.15, -0.1) is 0 Å². The van der Waals surface area contributed by atoms with E-state index in [4.69, 9.17) is 0 Å². The third-order valence-electron chi connectivity index (χ3n) is 5.69. The van der Waals surface area contributed by atoms with Gasteiger partial charge in [0.25, 0.3) is 0 Å². The van der Waals surface area contributed by atoms with E-state index in [9.17, 15) is 0 Å². The number of pyridine rings is 1. The van der Waals surface area contributed by atoms with Gasteiger partial charge in [0.15, 0.2) is 0 Å². The predicted molar refractivity (Wildman–Crippen MR) is 101 cm³/mol. The molecule has 0 unspecified atom stereocenters. The van der Waals surface area contributed by atoms with Crippen molar-refractivity contribution in [2.24, 2.45) is 5.92 Å². The van der Waals surface area contributed by atoms with Gasteiger partial charge in [0.1, 0.15) is 11.6 Å². The van der Waals surface area contributed by atoms with Crippen molar-refractivity contribution < 1.29 is 0 Å². The molecule has 0 spiro atoms. The van der Waals surface area contributed by atoms with Crippen molar-refractivity contribution in [3.63, 3.8) is 0 Å². The van der Waals surface area contributed by atoms with Crippen LogP contribution in [0.4, 0.5) is 5.82 Å². The van der Waals surface area contributed by atoms with Crippen LogP contribution in [0.1, 0.15) is 42.8 Å². The van der Waals surface area contributed by atoms with Crippen molar-refractivity contribution in [1.29, 1.82) is 0 Å². The van der Waals surface area contributed by atoms with Crippen LogP contribution in [0.15, 0.2) is 24.5 Å². The number of piperazine rings is 1. The van der Waals surface area contributed by atoms with E-state index in [2.05, 4.69) is 37.7 Å². The molecule has 1 saturated heterocycles. The molecular formula is C20H29N5. The summed E-state index contributed by atoms with van der Waals surface area (Å²) >= 11 is 0. The molecule has 134 valence electrons. The topological polar surface area (TPSA) is 48.1 Å². The summed E-state index contributed by atoms with van der Waals surface area (Å²) in [5.41, 5.74) is 2.52. The van der Waals surface area contributed by atoms with E-state index in [1.165, 1.54) is 42.8 Å². The Morgan fingerprint density at radius 2 is 1.92 bits per heavy atom. The molecule has 1 aliphatic carbocycles. The second kappa shape index (κ2) is 7.56. The summed E-state index contributed by atoms with van der Waals surface area (Å²) in [6, 6.07) is 4.15. The second-order valence-electron chi connectivity index (χ2n) is 7.62. The van der Waals surface area contributed by atoms with Crippen LogP contribution >= 0.6 is 0 Å². The fourth-order valence-electron chi connectivity index (χ4n) is 4.24. The molecule has 3 heterocycles. The number of anilines is 1. The fraction of sp³-hybridized carbons (Fsp3) is 0.600. The molecular weight excluding hydrogens is 310 g/mol. The number of aryl methyl sites for hydroxylation is 1. The zero-order chi connectivity index (χ0) is 17.1. The predicted octanol–water partition coefficient (Wildman–Crippen LogP) is 3.17. The van der Waals surface area contributed by atoms with E-state index in [0.717, 1.165) is 50.9 Å². The second-order valence-corrected chi connectivity index (χ2v) is 7.62. The molecule has 1 saturated carbocycles. The fourth-order valence-corrected chi connectivity index (χ4v) is 4.24. The van der Waals surface area contributed by atoms with Crippen LogP contribution in [0, 0.1) is 12.8 Å². The Hall–Kier alpha value is -1.88. The van der Waals surface area contributed by atoms with Gasteiger partial charge in [-0.3, -0.25) is 4.90 Å². The van der Waals surface area contributed by atoms with Crippen LogP contribution in [0.25, 0.3) is 0 Å². The lowest BCUT2D eigenvalue weighted by atomic mass is 10.0. The summed E-state index contributed by atoms with van der Waals surface area (Å²) in [6.07, 6.45) is 10.6. The highest BCUT2D eigenvalue weighted by Crippen LogP contribution is 2.27. The van der Waals surface area contributed by atoms with E-state index in [-0.39, 0.29) is 0 Å². The highest BCUT2D eigenvalue weighted by molar-refractivity contribution is 5.46. The highest BCUT2D eigenvalue weighted by atomic mass is 15.3. The number of hydrogen-bond donors (Lipinski definition) is 1. The molecule has 2 aromatic heterocycles. The van der Waals surface area contributed by atoms with E-state index in [0.29, 0.717) is 0 Å². The molecule has 0 bridgehead atoms. The van der Waals surface area contributed by atoms with Crippen LogP contribution in [0.3, 0.4) is 0 Å². The van der Waals surface area contributed by atoms with E-state index < -0.39 is 0 Å². The van der Waals surface area contributed by atoms with Crippen LogP contribution in [-0.2, 0) is 13.0 Å². The van der Waals surface area contributed by atoms with Gasteiger partial charge in [-0.2, -0.15) is 0 Å². The van der Waals surface area contributed by atoms with Gasteiger partial charge in [0, 0.05) is 57.2 Å². The van der Waals surface area contributed by atoms with Crippen molar-refractivity contribution in [1.82, 2.24) is 19.9 Å². The number of nitrogens with zero attached hydrogens (tertiary/aromatic N) is 4. The van der Waals surface area contributed by atoms with E-state index in [1.807, 2.05) is 18.5 Å². The minimum atomic E-state index is 0.851. The normalized spacial score (nSPS) is 19.6. The first kappa shape index (κ1) is 16.6. The zero-order valence-electron chi connectivity index (χ0n) is 15.2. The van der Waals surface area contributed by atoms with Crippen LogP contribution in [0.5, 0.6) is 0 Å². The van der Waals surface area contributed by atoms with Crippen LogP contribution in [0.2, 0.25) is 0 Å². The Bertz CT molecular complexity index is 681. The third kappa shape index (κ3) is 4.03. The minimum absolute atomic E-state index is 0.851. The number of imidazole rings is 1. The molecule has 5 heteroatoms. The maximum absolute atomic E-state index is 4.62. The first-order valence-corrected chi connectivity index (χ1v) is 9.69. The molecule has 5 nitrogen and oxygen atoms in total. The Morgan fingerprint density at radius 3 is 2.68 bits per heavy atom. The maximum Gasteiger partial charge on any atom is 0.131 e. The van der Waals surface area contributed by atoms with Crippen molar-refractivity contribution in [2.45, 2.75) is 45.6 Å². The summed E-state index contributed by atoms with van der Waals surface area (Å²) in [7, 11) is 0. The Kier molecular flexibility index (Phi) is 5.02. The number of rotatable bonds is 5. The Morgan fingerprint density at radius 1 is 1.12 bits per heavy atom. The summed E-state index contributed by atoms with van der Waals surface area (Å²) < 4.78 is 0. The average Bonchev–Trinajstić information content (AvgIpc) is 3.29. The van der Waals surface area contributed by atoms with Gasteiger partial charge in [-0.1, -0.05) is 31.7 Å². The number of hydrogen-bond acceptors (Lipinski definition) is 4. The Labute approximate surface area is 150 Å². The number of aromatic nitrogens is 3. The lowest BCUT2D eigenvalue weighted by molar-refractivity contribution is 0.246.